The van der Waals surface area contributed by atoms with E-state index < -0.39 is 5.41 Å². The predicted molar refractivity (Wildman–Crippen MR) is 93.1 cm³/mol. The molecule has 0 aliphatic rings. The zero-order valence-corrected chi connectivity index (χ0v) is 14.1. The average molecular weight is 329 g/mol. The molecule has 1 unspecified atom stereocenters. The van der Waals surface area contributed by atoms with Gasteiger partial charge in [0.2, 0.25) is 5.91 Å². The van der Waals surface area contributed by atoms with Crippen LogP contribution in [0.3, 0.4) is 0 Å². The van der Waals surface area contributed by atoms with Crippen LogP contribution in [-0.2, 0) is 10.2 Å². The molecule has 0 aromatic heterocycles. The Bertz CT molecular complexity index is 670. The summed E-state index contributed by atoms with van der Waals surface area (Å²) in [5.41, 5.74) is 0.775. The van der Waals surface area contributed by atoms with Gasteiger partial charge in [0, 0.05) is 6.61 Å². The van der Waals surface area contributed by atoms with Gasteiger partial charge in [0.25, 0.3) is 0 Å². The number of carbonyl (C=O) groups is 1. The van der Waals surface area contributed by atoms with Crippen molar-refractivity contribution in [3.05, 3.63) is 71.5 Å². The first kappa shape index (κ1) is 18.1. The third kappa shape index (κ3) is 4.42. The molecule has 1 atom stereocenters. The molecular weight excluding hydrogens is 305 g/mol. The smallest absolute Gasteiger partial charge is 0.230 e. The summed E-state index contributed by atoms with van der Waals surface area (Å²) in [5.74, 6) is -0.520. The minimum absolute atomic E-state index is 0.0759. The maximum absolute atomic E-state index is 13.5. The van der Waals surface area contributed by atoms with E-state index in [1.807, 2.05) is 30.3 Å². The molecule has 2 rings (SSSR count). The zero-order valence-electron chi connectivity index (χ0n) is 14.1. The summed E-state index contributed by atoms with van der Waals surface area (Å²) in [4.78, 5) is 12.8. The van der Waals surface area contributed by atoms with E-state index in [4.69, 9.17) is 5.11 Å². The van der Waals surface area contributed by atoms with Crippen LogP contribution in [0, 0.1) is 5.82 Å². The number of rotatable bonds is 7. The van der Waals surface area contributed by atoms with Gasteiger partial charge in [-0.25, -0.2) is 4.39 Å². The Morgan fingerprint density at radius 3 is 2.50 bits per heavy atom. The molecule has 128 valence electrons. The summed E-state index contributed by atoms with van der Waals surface area (Å²) >= 11 is 0. The summed E-state index contributed by atoms with van der Waals surface area (Å²) in [7, 11) is 0. The van der Waals surface area contributed by atoms with Crippen LogP contribution < -0.4 is 5.32 Å². The van der Waals surface area contributed by atoms with Crippen molar-refractivity contribution in [1.29, 1.82) is 0 Å². The van der Waals surface area contributed by atoms with Gasteiger partial charge in [-0.3, -0.25) is 4.79 Å². The van der Waals surface area contributed by atoms with Crippen molar-refractivity contribution in [2.75, 3.05) is 6.61 Å². The van der Waals surface area contributed by atoms with E-state index in [9.17, 15) is 9.18 Å². The number of carbonyl (C=O) groups excluding carboxylic acids is 1. The Labute approximate surface area is 142 Å². The highest BCUT2D eigenvalue weighted by molar-refractivity contribution is 5.87. The standard InChI is InChI=1S/C20H24FNO2/c1-20(2,16-10-6-11-17(21)14-16)19(24)22-18(12-7-13-23)15-8-4-3-5-9-15/h3-6,8-11,14,18,23H,7,12-13H2,1-2H3,(H,22,24). The molecule has 2 aromatic rings. The summed E-state index contributed by atoms with van der Waals surface area (Å²) in [6, 6.07) is 15.6. The summed E-state index contributed by atoms with van der Waals surface area (Å²) in [6.45, 7) is 3.64. The molecule has 0 saturated carbocycles. The molecule has 0 aliphatic carbocycles. The lowest BCUT2D eigenvalue weighted by molar-refractivity contribution is -0.126. The summed E-state index contributed by atoms with van der Waals surface area (Å²) < 4.78 is 13.5. The van der Waals surface area contributed by atoms with E-state index in [1.165, 1.54) is 12.1 Å². The lowest BCUT2D eigenvalue weighted by atomic mass is 9.83. The molecule has 24 heavy (non-hydrogen) atoms. The van der Waals surface area contributed by atoms with Crippen LogP contribution in [0.5, 0.6) is 0 Å². The number of aliphatic hydroxyl groups excluding tert-OH is 1. The fourth-order valence-electron chi connectivity index (χ4n) is 2.65. The van der Waals surface area contributed by atoms with Crippen molar-refractivity contribution in [2.45, 2.75) is 38.1 Å². The zero-order chi connectivity index (χ0) is 17.6. The molecule has 1 amide bonds. The molecule has 0 radical (unpaired) electrons. The number of hydrogen-bond acceptors (Lipinski definition) is 2. The van der Waals surface area contributed by atoms with E-state index in [2.05, 4.69) is 5.32 Å². The first-order valence-corrected chi connectivity index (χ1v) is 8.18. The van der Waals surface area contributed by atoms with Gasteiger partial charge in [0.05, 0.1) is 11.5 Å². The second kappa shape index (κ2) is 8.06. The van der Waals surface area contributed by atoms with Crippen molar-refractivity contribution in [2.24, 2.45) is 0 Å². The summed E-state index contributed by atoms with van der Waals surface area (Å²) in [5, 5.41) is 12.2. The average Bonchev–Trinajstić information content (AvgIpc) is 2.59. The number of benzene rings is 2. The van der Waals surface area contributed by atoms with Gasteiger partial charge in [-0.2, -0.15) is 0 Å². The third-order valence-corrected chi connectivity index (χ3v) is 4.27. The number of hydrogen-bond donors (Lipinski definition) is 2. The molecule has 2 aromatic carbocycles. The minimum atomic E-state index is -0.853. The highest BCUT2D eigenvalue weighted by Gasteiger charge is 2.31. The maximum Gasteiger partial charge on any atom is 0.230 e. The van der Waals surface area contributed by atoms with Crippen LogP contribution in [0.4, 0.5) is 4.39 Å². The SMILES string of the molecule is CC(C)(C(=O)NC(CCCO)c1ccccc1)c1cccc(F)c1. The first-order valence-electron chi connectivity index (χ1n) is 8.18. The van der Waals surface area contributed by atoms with Crippen molar-refractivity contribution in [3.8, 4) is 0 Å². The summed E-state index contributed by atoms with van der Waals surface area (Å²) in [6.07, 6.45) is 1.24. The highest BCUT2D eigenvalue weighted by Crippen LogP contribution is 2.26. The molecule has 0 aliphatic heterocycles. The van der Waals surface area contributed by atoms with Crippen molar-refractivity contribution in [3.63, 3.8) is 0 Å². The first-order chi connectivity index (χ1) is 11.4. The Kier molecular flexibility index (Phi) is 6.10. The fraction of sp³-hybridized carbons (Fsp3) is 0.350. The molecule has 2 N–H and O–H groups in total. The van der Waals surface area contributed by atoms with Crippen LogP contribution in [0.2, 0.25) is 0 Å². The van der Waals surface area contributed by atoms with Crippen molar-refractivity contribution < 1.29 is 14.3 Å². The molecule has 0 saturated heterocycles. The second-order valence-electron chi connectivity index (χ2n) is 6.44. The van der Waals surface area contributed by atoms with E-state index in [1.54, 1.807) is 26.0 Å². The Balaban J connectivity index is 2.20. The van der Waals surface area contributed by atoms with E-state index in [0.29, 0.717) is 18.4 Å². The minimum Gasteiger partial charge on any atom is -0.396 e. The van der Waals surface area contributed by atoms with Gasteiger partial charge < -0.3 is 10.4 Å². The molecule has 0 bridgehead atoms. The number of halogens is 1. The van der Waals surface area contributed by atoms with Crippen LogP contribution in [0.25, 0.3) is 0 Å². The molecular formula is C20H24FNO2. The monoisotopic (exact) mass is 329 g/mol. The second-order valence-corrected chi connectivity index (χ2v) is 6.44. The topological polar surface area (TPSA) is 49.3 Å². The number of amides is 1. The van der Waals surface area contributed by atoms with Gasteiger partial charge in [-0.05, 0) is 49.9 Å². The molecule has 4 heteroatoms. The van der Waals surface area contributed by atoms with E-state index in [0.717, 1.165) is 5.56 Å². The van der Waals surface area contributed by atoms with Gasteiger partial charge in [0.15, 0.2) is 0 Å². The Hall–Kier alpha value is -2.20. The highest BCUT2D eigenvalue weighted by atomic mass is 19.1. The van der Waals surface area contributed by atoms with Crippen LogP contribution in [-0.4, -0.2) is 17.6 Å². The largest absolute Gasteiger partial charge is 0.396 e. The lowest BCUT2D eigenvalue weighted by Crippen LogP contribution is -2.42. The third-order valence-electron chi connectivity index (χ3n) is 4.27. The predicted octanol–water partition coefficient (Wildman–Crippen LogP) is 3.73. The van der Waals surface area contributed by atoms with Crippen LogP contribution in [0.15, 0.2) is 54.6 Å². The van der Waals surface area contributed by atoms with Gasteiger partial charge >= 0.3 is 0 Å². The van der Waals surface area contributed by atoms with Gasteiger partial charge in [0.1, 0.15) is 5.82 Å². The molecule has 0 fully saturated rings. The van der Waals surface area contributed by atoms with E-state index in [-0.39, 0.29) is 24.4 Å². The van der Waals surface area contributed by atoms with Crippen LogP contribution in [0.1, 0.15) is 43.9 Å². The van der Waals surface area contributed by atoms with Crippen molar-refractivity contribution in [1.82, 2.24) is 5.32 Å². The molecule has 0 spiro atoms. The fourth-order valence-corrected chi connectivity index (χ4v) is 2.65. The van der Waals surface area contributed by atoms with Gasteiger partial charge in [-0.1, -0.05) is 42.5 Å². The van der Waals surface area contributed by atoms with Crippen LogP contribution >= 0.6 is 0 Å². The quantitative estimate of drug-likeness (QED) is 0.813. The normalized spacial score (nSPS) is 12.7. The molecule has 3 nitrogen and oxygen atoms in total. The maximum atomic E-state index is 13.5. The lowest BCUT2D eigenvalue weighted by Gasteiger charge is -2.28. The number of aliphatic hydroxyl groups is 1. The Morgan fingerprint density at radius 1 is 1.17 bits per heavy atom. The number of nitrogens with one attached hydrogen (secondary N) is 1. The van der Waals surface area contributed by atoms with Gasteiger partial charge in [-0.15, -0.1) is 0 Å². The van der Waals surface area contributed by atoms with Crippen molar-refractivity contribution >= 4 is 5.91 Å². The molecule has 0 heterocycles. The Morgan fingerprint density at radius 2 is 1.88 bits per heavy atom. The van der Waals surface area contributed by atoms with E-state index >= 15 is 0 Å².